The maximum atomic E-state index is 13.5. The Kier molecular flexibility index (Phi) is 5.57. The van der Waals surface area contributed by atoms with Gasteiger partial charge >= 0.3 is 0 Å². The summed E-state index contributed by atoms with van der Waals surface area (Å²) in [6.07, 6.45) is 5.37. The summed E-state index contributed by atoms with van der Waals surface area (Å²) in [5.41, 5.74) is 2.88. The lowest BCUT2D eigenvalue weighted by molar-refractivity contribution is -0.116. The molecule has 4 heteroatoms. The maximum Gasteiger partial charge on any atom is 0.258 e. The molecule has 1 atom stereocenters. The van der Waals surface area contributed by atoms with Crippen LogP contribution in [0.3, 0.4) is 0 Å². The molecule has 1 N–H and O–H groups in total. The average Bonchev–Trinajstić information content (AvgIpc) is 2.79. The smallest absolute Gasteiger partial charge is 0.258 e. The van der Waals surface area contributed by atoms with Crippen LogP contribution in [0.2, 0.25) is 0 Å². The Morgan fingerprint density at radius 2 is 1.50 bits per heavy atom. The van der Waals surface area contributed by atoms with E-state index in [1.54, 1.807) is 47.4 Å². The molecular formula is C26H21NO3. The zero-order valence-electron chi connectivity index (χ0n) is 16.3. The van der Waals surface area contributed by atoms with Crippen molar-refractivity contribution >= 4 is 17.8 Å². The standard InChI is InChI=1S/C26H21NO3/c28-23-15-12-19(13-16-23)11-14-22-17-24(29)18-25(20-7-3-1-4-8-20)27(22)26(30)21-9-5-2-6-10-21/h1-17,25,28H,18H2/b14-11+. The Labute approximate surface area is 175 Å². The van der Waals surface area contributed by atoms with Crippen molar-refractivity contribution in [3.63, 3.8) is 0 Å². The van der Waals surface area contributed by atoms with Gasteiger partial charge in [0.25, 0.3) is 5.91 Å². The van der Waals surface area contributed by atoms with E-state index in [1.807, 2.05) is 54.6 Å². The molecule has 0 bridgehead atoms. The van der Waals surface area contributed by atoms with Crippen molar-refractivity contribution in [2.24, 2.45) is 0 Å². The van der Waals surface area contributed by atoms with Crippen molar-refractivity contribution in [2.75, 3.05) is 0 Å². The summed E-state index contributed by atoms with van der Waals surface area (Å²) in [5, 5.41) is 9.48. The summed E-state index contributed by atoms with van der Waals surface area (Å²) in [6, 6.07) is 25.1. The van der Waals surface area contributed by atoms with E-state index in [0.717, 1.165) is 11.1 Å². The monoisotopic (exact) mass is 395 g/mol. The van der Waals surface area contributed by atoms with Crippen LogP contribution >= 0.6 is 0 Å². The minimum atomic E-state index is -0.379. The Morgan fingerprint density at radius 1 is 0.867 bits per heavy atom. The molecule has 148 valence electrons. The van der Waals surface area contributed by atoms with Gasteiger partial charge in [0.05, 0.1) is 6.04 Å². The second kappa shape index (κ2) is 8.62. The number of phenols is 1. The highest BCUT2D eigenvalue weighted by Gasteiger charge is 2.33. The first-order valence-corrected chi connectivity index (χ1v) is 9.77. The Bertz CT molecular complexity index is 1100. The highest BCUT2D eigenvalue weighted by atomic mass is 16.3. The van der Waals surface area contributed by atoms with E-state index >= 15 is 0 Å². The number of nitrogens with zero attached hydrogens (tertiary/aromatic N) is 1. The van der Waals surface area contributed by atoms with Crippen molar-refractivity contribution in [3.05, 3.63) is 119 Å². The molecular weight excluding hydrogens is 374 g/mol. The third-order valence-corrected chi connectivity index (χ3v) is 5.06. The predicted molar refractivity (Wildman–Crippen MR) is 117 cm³/mol. The number of allylic oxidation sites excluding steroid dienone is 2. The lowest BCUT2D eigenvalue weighted by atomic mass is 9.93. The minimum absolute atomic E-state index is 0.0219. The third kappa shape index (κ3) is 4.23. The maximum absolute atomic E-state index is 13.5. The molecule has 1 aliphatic rings. The van der Waals surface area contributed by atoms with Crippen LogP contribution in [0, 0.1) is 0 Å². The van der Waals surface area contributed by atoms with E-state index in [2.05, 4.69) is 0 Å². The average molecular weight is 395 g/mol. The van der Waals surface area contributed by atoms with Crippen molar-refractivity contribution in [1.29, 1.82) is 0 Å². The number of hydrogen-bond donors (Lipinski definition) is 1. The molecule has 3 aromatic rings. The molecule has 1 aliphatic heterocycles. The summed E-state index contributed by atoms with van der Waals surface area (Å²) in [5.74, 6) is 0.00844. The van der Waals surface area contributed by atoms with Gasteiger partial charge in [0.1, 0.15) is 5.75 Å². The molecule has 0 saturated carbocycles. The second-order valence-electron chi connectivity index (χ2n) is 7.13. The first-order chi connectivity index (χ1) is 14.6. The van der Waals surface area contributed by atoms with Gasteiger partial charge < -0.3 is 10.0 Å². The molecule has 1 amide bonds. The summed E-state index contributed by atoms with van der Waals surface area (Å²) in [6.45, 7) is 0. The van der Waals surface area contributed by atoms with Gasteiger partial charge in [0, 0.05) is 23.8 Å². The number of aromatic hydroxyl groups is 1. The molecule has 4 rings (SSSR count). The Hall–Kier alpha value is -3.92. The van der Waals surface area contributed by atoms with Crippen LogP contribution in [-0.4, -0.2) is 21.7 Å². The highest BCUT2D eigenvalue weighted by Crippen LogP contribution is 2.34. The van der Waals surface area contributed by atoms with E-state index in [-0.39, 0.29) is 29.9 Å². The van der Waals surface area contributed by atoms with E-state index < -0.39 is 0 Å². The quantitative estimate of drug-likeness (QED) is 0.665. The van der Waals surface area contributed by atoms with Crippen LogP contribution in [0.15, 0.2) is 103 Å². The molecule has 30 heavy (non-hydrogen) atoms. The van der Waals surface area contributed by atoms with Gasteiger partial charge in [-0.1, -0.05) is 66.7 Å². The van der Waals surface area contributed by atoms with E-state index in [0.29, 0.717) is 11.3 Å². The van der Waals surface area contributed by atoms with E-state index in [1.165, 1.54) is 6.08 Å². The zero-order chi connectivity index (χ0) is 20.9. The van der Waals surface area contributed by atoms with E-state index in [9.17, 15) is 14.7 Å². The van der Waals surface area contributed by atoms with Crippen LogP contribution in [0.1, 0.15) is 33.9 Å². The van der Waals surface area contributed by atoms with Crippen LogP contribution in [-0.2, 0) is 4.79 Å². The van der Waals surface area contributed by atoms with Gasteiger partial charge in [0.15, 0.2) is 5.78 Å². The predicted octanol–water partition coefficient (Wildman–Crippen LogP) is 5.15. The molecule has 1 unspecified atom stereocenters. The molecule has 0 aliphatic carbocycles. The normalized spacial score (nSPS) is 16.5. The zero-order valence-corrected chi connectivity index (χ0v) is 16.3. The number of carbonyl (C=O) groups is 2. The molecule has 0 spiro atoms. The number of phenolic OH excluding ortho intramolecular Hbond substituents is 1. The molecule has 0 aromatic heterocycles. The summed E-state index contributed by atoms with van der Waals surface area (Å²) in [4.78, 5) is 27.7. The molecule has 0 radical (unpaired) electrons. The molecule has 4 nitrogen and oxygen atoms in total. The van der Waals surface area contributed by atoms with Crippen LogP contribution in [0.5, 0.6) is 5.75 Å². The lowest BCUT2D eigenvalue weighted by Gasteiger charge is -2.35. The largest absolute Gasteiger partial charge is 0.508 e. The number of ketones is 1. The van der Waals surface area contributed by atoms with Gasteiger partial charge in [-0.05, 0) is 41.5 Å². The van der Waals surface area contributed by atoms with Gasteiger partial charge in [-0.3, -0.25) is 9.59 Å². The number of rotatable bonds is 4. The SMILES string of the molecule is O=C1C=C(/C=C/c2ccc(O)cc2)N(C(=O)c2ccccc2)C(c2ccccc2)C1. The number of hydrogen-bond acceptors (Lipinski definition) is 3. The number of amides is 1. The van der Waals surface area contributed by atoms with Gasteiger partial charge in [-0.15, -0.1) is 0 Å². The summed E-state index contributed by atoms with van der Waals surface area (Å²) < 4.78 is 0. The fourth-order valence-corrected chi connectivity index (χ4v) is 3.57. The Balaban J connectivity index is 1.76. The van der Waals surface area contributed by atoms with Gasteiger partial charge in [-0.2, -0.15) is 0 Å². The summed E-state index contributed by atoms with van der Waals surface area (Å²) >= 11 is 0. The molecule has 3 aromatic carbocycles. The van der Waals surface area contributed by atoms with Crippen LogP contribution in [0.25, 0.3) is 6.08 Å². The molecule has 0 saturated heterocycles. The van der Waals surface area contributed by atoms with Gasteiger partial charge in [0.2, 0.25) is 0 Å². The van der Waals surface area contributed by atoms with Crippen LogP contribution < -0.4 is 0 Å². The topological polar surface area (TPSA) is 57.6 Å². The lowest BCUT2D eigenvalue weighted by Crippen LogP contribution is -2.38. The van der Waals surface area contributed by atoms with Crippen molar-refractivity contribution in [2.45, 2.75) is 12.5 Å². The fraction of sp³-hybridized carbons (Fsp3) is 0.0769. The number of benzene rings is 3. The minimum Gasteiger partial charge on any atom is -0.508 e. The van der Waals surface area contributed by atoms with Crippen molar-refractivity contribution in [3.8, 4) is 5.75 Å². The fourth-order valence-electron chi connectivity index (χ4n) is 3.57. The van der Waals surface area contributed by atoms with E-state index in [4.69, 9.17) is 0 Å². The first kappa shape index (κ1) is 19.4. The van der Waals surface area contributed by atoms with Gasteiger partial charge in [-0.25, -0.2) is 0 Å². The Morgan fingerprint density at radius 3 is 2.17 bits per heavy atom. The van der Waals surface area contributed by atoms with Crippen LogP contribution in [0.4, 0.5) is 0 Å². The molecule has 1 heterocycles. The summed E-state index contributed by atoms with van der Waals surface area (Å²) in [7, 11) is 0. The first-order valence-electron chi connectivity index (χ1n) is 9.77. The molecule has 0 fully saturated rings. The second-order valence-corrected chi connectivity index (χ2v) is 7.13. The number of carbonyl (C=O) groups excluding carboxylic acids is 2. The third-order valence-electron chi connectivity index (χ3n) is 5.06. The highest BCUT2D eigenvalue weighted by molar-refractivity contribution is 6.00. The van der Waals surface area contributed by atoms with Crippen molar-refractivity contribution in [1.82, 2.24) is 4.90 Å². The van der Waals surface area contributed by atoms with Crippen molar-refractivity contribution < 1.29 is 14.7 Å².